The van der Waals surface area contributed by atoms with Gasteiger partial charge in [-0.1, -0.05) is 24.3 Å². The van der Waals surface area contributed by atoms with Crippen LogP contribution in [0.4, 0.5) is 4.39 Å². The highest BCUT2D eigenvalue weighted by molar-refractivity contribution is 5.79. The lowest BCUT2D eigenvalue weighted by Crippen LogP contribution is -2.43. The second kappa shape index (κ2) is 9.61. The summed E-state index contributed by atoms with van der Waals surface area (Å²) in [5.41, 5.74) is 2.36. The van der Waals surface area contributed by atoms with E-state index in [1.807, 2.05) is 24.3 Å². The molecule has 0 N–H and O–H groups in total. The molecule has 1 unspecified atom stereocenters. The van der Waals surface area contributed by atoms with Crippen molar-refractivity contribution < 1.29 is 13.9 Å². The van der Waals surface area contributed by atoms with Crippen molar-refractivity contribution in [2.45, 2.75) is 38.1 Å². The van der Waals surface area contributed by atoms with Crippen LogP contribution >= 0.6 is 0 Å². The lowest BCUT2D eigenvalue weighted by molar-refractivity contribution is -0.133. The van der Waals surface area contributed by atoms with E-state index >= 15 is 0 Å². The van der Waals surface area contributed by atoms with E-state index in [-0.39, 0.29) is 17.8 Å². The van der Waals surface area contributed by atoms with Crippen LogP contribution in [0.3, 0.4) is 0 Å². The van der Waals surface area contributed by atoms with Crippen molar-refractivity contribution in [1.82, 2.24) is 9.80 Å². The smallest absolute Gasteiger partial charge is 0.237 e. The quantitative estimate of drug-likeness (QED) is 0.705. The molecule has 2 aliphatic rings. The third-order valence-corrected chi connectivity index (χ3v) is 6.56. The third kappa shape index (κ3) is 5.01. The highest BCUT2D eigenvalue weighted by Gasteiger charge is 2.31. The molecule has 0 saturated carbocycles. The van der Waals surface area contributed by atoms with Crippen molar-refractivity contribution in [1.29, 1.82) is 0 Å². The molecule has 4 rings (SSSR count). The number of nitrogens with zero attached hydrogens (tertiary/aromatic N) is 2. The van der Waals surface area contributed by atoms with Crippen molar-refractivity contribution in [3.05, 3.63) is 65.5 Å². The van der Waals surface area contributed by atoms with Crippen LogP contribution in [0.15, 0.2) is 48.5 Å². The van der Waals surface area contributed by atoms with Crippen LogP contribution in [0.2, 0.25) is 0 Å². The van der Waals surface area contributed by atoms with Gasteiger partial charge in [0.15, 0.2) is 0 Å². The third-order valence-electron chi connectivity index (χ3n) is 6.56. The van der Waals surface area contributed by atoms with Gasteiger partial charge in [0.1, 0.15) is 11.6 Å². The second-order valence-corrected chi connectivity index (χ2v) is 8.57. The predicted molar refractivity (Wildman–Crippen MR) is 116 cm³/mol. The Kier molecular flexibility index (Phi) is 6.68. The summed E-state index contributed by atoms with van der Waals surface area (Å²) in [6.07, 6.45) is 5.23. The fourth-order valence-electron chi connectivity index (χ4n) is 4.85. The molecule has 0 aromatic heterocycles. The Morgan fingerprint density at radius 3 is 2.57 bits per heavy atom. The largest absolute Gasteiger partial charge is 0.497 e. The summed E-state index contributed by atoms with van der Waals surface area (Å²) in [5, 5.41) is 0. The molecule has 2 aromatic rings. The van der Waals surface area contributed by atoms with Crippen LogP contribution in [0.25, 0.3) is 0 Å². The normalized spacial score (nSPS) is 20.5. The van der Waals surface area contributed by atoms with E-state index in [9.17, 15) is 9.18 Å². The minimum Gasteiger partial charge on any atom is -0.497 e. The predicted octanol–water partition coefficient (Wildman–Crippen LogP) is 4.45. The summed E-state index contributed by atoms with van der Waals surface area (Å²) in [6, 6.07) is 15.1. The first-order valence-electron chi connectivity index (χ1n) is 11.0. The van der Waals surface area contributed by atoms with Gasteiger partial charge in [0.25, 0.3) is 0 Å². The van der Waals surface area contributed by atoms with E-state index in [1.54, 1.807) is 7.11 Å². The number of halogens is 1. The monoisotopic (exact) mass is 410 g/mol. The Balaban J connectivity index is 1.29. The highest BCUT2D eigenvalue weighted by Crippen LogP contribution is 2.33. The van der Waals surface area contributed by atoms with Crippen molar-refractivity contribution in [2.24, 2.45) is 5.92 Å². The number of hydrogen-bond donors (Lipinski definition) is 0. The summed E-state index contributed by atoms with van der Waals surface area (Å²) in [4.78, 5) is 17.4. The van der Waals surface area contributed by atoms with Gasteiger partial charge in [0, 0.05) is 6.54 Å². The molecule has 0 aliphatic carbocycles. The number of ether oxygens (including phenoxy) is 1. The fourth-order valence-corrected chi connectivity index (χ4v) is 4.85. The number of piperidine rings is 1. The van der Waals surface area contributed by atoms with E-state index in [0.29, 0.717) is 12.5 Å². The van der Waals surface area contributed by atoms with Gasteiger partial charge in [0.05, 0.1) is 19.7 Å². The first-order valence-corrected chi connectivity index (χ1v) is 11.0. The zero-order valence-corrected chi connectivity index (χ0v) is 17.7. The SMILES string of the molecule is COc1cccc(C2CCCN2C(=O)CN2CCC(Cc3ccc(F)cc3)CC2)c1. The summed E-state index contributed by atoms with van der Waals surface area (Å²) in [5.74, 6) is 1.51. The standard InChI is InChI=1S/C25H31FN2O2/c1-30-23-5-2-4-21(17-23)24-6-3-13-28(24)25(29)18-27-14-11-20(12-15-27)16-19-7-9-22(26)10-8-19/h2,4-5,7-10,17,20,24H,3,6,11-16,18H2,1H3. The fraction of sp³-hybridized carbons (Fsp3) is 0.480. The molecule has 160 valence electrons. The molecule has 30 heavy (non-hydrogen) atoms. The number of carbonyl (C=O) groups excluding carboxylic acids is 1. The Morgan fingerprint density at radius 2 is 1.83 bits per heavy atom. The van der Waals surface area contributed by atoms with Crippen LogP contribution in [-0.4, -0.2) is 49.0 Å². The van der Waals surface area contributed by atoms with E-state index in [1.165, 1.54) is 23.3 Å². The van der Waals surface area contributed by atoms with E-state index in [4.69, 9.17) is 4.74 Å². The minimum absolute atomic E-state index is 0.156. The number of hydrogen-bond acceptors (Lipinski definition) is 3. The summed E-state index contributed by atoms with van der Waals surface area (Å²) < 4.78 is 18.5. The minimum atomic E-state index is -0.179. The van der Waals surface area contributed by atoms with Gasteiger partial charge in [-0.25, -0.2) is 4.39 Å². The molecule has 2 aromatic carbocycles. The van der Waals surface area contributed by atoms with Gasteiger partial charge in [-0.2, -0.15) is 0 Å². The number of benzene rings is 2. The summed E-state index contributed by atoms with van der Waals surface area (Å²) in [6.45, 7) is 3.25. The Hall–Kier alpha value is -2.40. The first kappa shape index (κ1) is 20.9. The highest BCUT2D eigenvalue weighted by atomic mass is 19.1. The number of amides is 1. The average molecular weight is 411 g/mol. The van der Waals surface area contributed by atoms with Gasteiger partial charge < -0.3 is 9.64 Å². The van der Waals surface area contributed by atoms with Gasteiger partial charge in [-0.05, 0) is 86.5 Å². The second-order valence-electron chi connectivity index (χ2n) is 8.57. The molecule has 2 heterocycles. The molecule has 0 radical (unpaired) electrons. The Labute approximate surface area is 178 Å². The Morgan fingerprint density at radius 1 is 1.07 bits per heavy atom. The molecule has 0 spiro atoms. The molecular formula is C25H31FN2O2. The topological polar surface area (TPSA) is 32.8 Å². The maximum absolute atomic E-state index is 13.1. The van der Waals surface area contributed by atoms with Gasteiger partial charge in [-0.15, -0.1) is 0 Å². The molecule has 2 fully saturated rings. The molecular weight excluding hydrogens is 379 g/mol. The van der Waals surface area contributed by atoms with Crippen LogP contribution in [0, 0.1) is 11.7 Å². The van der Waals surface area contributed by atoms with Crippen molar-refractivity contribution in [3.8, 4) is 5.75 Å². The van der Waals surface area contributed by atoms with Crippen LogP contribution < -0.4 is 4.74 Å². The molecule has 2 saturated heterocycles. The van der Waals surface area contributed by atoms with E-state index < -0.39 is 0 Å². The molecule has 5 heteroatoms. The van der Waals surface area contributed by atoms with Gasteiger partial charge in [-0.3, -0.25) is 9.69 Å². The molecule has 4 nitrogen and oxygen atoms in total. The maximum atomic E-state index is 13.1. The first-order chi connectivity index (χ1) is 14.6. The lowest BCUT2D eigenvalue weighted by atomic mass is 9.90. The average Bonchev–Trinajstić information content (AvgIpc) is 3.27. The Bertz CT molecular complexity index is 846. The van der Waals surface area contributed by atoms with Gasteiger partial charge >= 0.3 is 0 Å². The zero-order chi connectivity index (χ0) is 20.9. The summed E-state index contributed by atoms with van der Waals surface area (Å²) in [7, 11) is 1.68. The number of carbonyl (C=O) groups is 1. The number of rotatable bonds is 6. The number of methoxy groups -OCH3 is 1. The molecule has 1 amide bonds. The van der Waals surface area contributed by atoms with Crippen LogP contribution in [-0.2, 0) is 11.2 Å². The number of likely N-dealkylation sites (tertiary alicyclic amines) is 2. The summed E-state index contributed by atoms with van der Waals surface area (Å²) >= 11 is 0. The maximum Gasteiger partial charge on any atom is 0.237 e. The van der Waals surface area contributed by atoms with Crippen LogP contribution in [0.5, 0.6) is 5.75 Å². The molecule has 0 bridgehead atoms. The van der Waals surface area contributed by atoms with Crippen molar-refractivity contribution in [3.63, 3.8) is 0 Å². The van der Waals surface area contributed by atoms with Crippen LogP contribution in [0.1, 0.15) is 42.9 Å². The molecule has 1 atom stereocenters. The molecule has 2 aliphatic heterocycles. The van der Waals surface area contributed by atoms with E-state index in [0.717, 1.165) is 57.5 Å². The zero-order valence-electron chi connectivity index (χ0n) is 17.7. The lowest BCUT2D eigenvalue weighted by Gasteiger charge is -2.34. The van der Waals surface area contributed by atoms with Gasteiger partial charge in [0.2, 0.25) is 5.91 Å². The van der Waals surface area contributed by atoms with Crippen molar-refractivity contribution >= 4 is 5.91 Å². The van der Waals surface area contributed by atoms with Crippen molar-refractivity contribution in [2.75, 3.05) is 33.3 Å². The van der Waals surface area contributed by atoms with E-state index in [2.05, 4.69) is 21.9 Å².